The van der Waals surface area contributed by atoms with E-state index in [2.05, 4.69) is 27.7 Å². The predicted molar refractivity (Wildman–Crippen MR) is 63.4 cm³/mol. The molecule has 16 heavy (non-hydrogen) atoms. The van der Waals surface area contributed by atoms with Crippen LogP contribution < -0.4 is 0 Å². The monoisotopic (exact) mass is 224 g/mol. The van der Waals surface area contributed by atoms with Crippen molar-refractivity contribution >= 4 is 0 Å². The summed E-state index contributed by atoms with van der Waals surface area (Å²) in [5, 5.41) is 0. The first-order chi connectivity index (χ1) is 7.40. The molecule has 2 heteroatoms. The van der Waals surface area contributed by atoms with Gasteiger partial charge in [0.25, 0.3) is 0 Å². The molecule has 2 nitrogen and oxygen atoms in total. The third-order valence-electron chi connectivity index (χ3n) is 4.80. The second kappa shape index (κ2) is 3.23. The summed E-state index contributed by atoms with van der Waals surface area (Å²) in [4.78, 5) is 0. The third kappa shape index (κ3) is 1.62. The molecule has 1 heterocycles. The van der Waals surface area contributed by atoms with Crippen LogP contribution in [0.3, 0.4) is 0 Å². The van der Waals surface area contributed by atoms with Gasteiger partial charge in [-0.3, -0.25) is 0 Å². The van der Waals surface area contributed by atoms with Crippen molar-refractivity contribution in [2.75, 3.05) is 0 Å². The number of hydrogen-bond acceptors (Lipinski definition) is 2. The Kier molecular flexibility index (Phi) is 2.23. The van der Waals surface area contributed by atoms with Crippen LogP contribution in [0, 0.1) is 11.3 Å². The summed E-state index contributed by atoms with van der Waals surface area (Å²) in [5.74, 6) is 0.763. The first kappa shape index (κ1) is 11.0. The van der Waals surface area contributed by atoms with Crippen molar-refractivity contribution in [3.8, 4) is 0 Å². The van der Waals surface area contributed by atoms with E-state index in [9.17, 15) is 0 Å². The van der Waals surface area contributed by atoms with Gasteiger partial charge in [-0.1, -0.05) is 6.92 Å². The molecule has 92 valence electrons. The number of ether oxygens (including phenoxy) is 2. The van der Waals surface area contributed by atoms with E-state index in [1.54, 1.807) is 0 Å². The average Bonchev–Trinajstić information content (AvgIpc) is 2.86. The van der Waals surface area contributed by atoms with Gasteiger partial charge in [-0.05, 0) is 57.8 Å². The van der Waals surface area contributed by atoms with Crippen LogP contribution in [0.2, 0.25) is 0 Å². The number of hydrogen-bond donors (Lipinski definition) is 0. The Morgan fingerprint density at radius 3 is 2.62 bits per heavy atom. The van der Waals surface area contributed by atoms with E-state index >= 15 is 0 Å². The Morgan fingerprint density at radius 2 is 1.94 bits per heavy atom. The molecule has 0 spiro atoms. The fraction of sp³-hybridized carbons (Fsp3) is 1.00. The normalized spacial score (nSPS) is 51.0. The van der Waals surface area contributed by atoms with Crippen molar-refractivity contribution in [3.63, 3.8) is 0 Å². The van der Waals surface area contributed by atoms with E-state index in [1.807, 2.05) is 0 Å². The molecule has 0 unspecified atom stereocenters. The van der Waals surface area contributed by atoms with E-state index < -0.39 is 0 Å². The van der Waals surface area contributed by atoms with E-state index in [4.69, 9.17) is 9.47 Å². The molecule has 0 N–H and O–H groups in total. The highest BCUT2D eigenvalue weighted by Gasteiger charge is 2.61. The topological polar surface area (TPSA) is 21.8 Å². The molecule has 3 aliphatic rings. The Labute approximate surface area is 98.7 Å². The Morgan fingerprint density at radius 1 is 1.19 bits per heavy atom. The molecular formula is C14H24O2. The minimum absolute atomic E-state index is 0.0101. The Hall–Kier alpha value is -0.0800. The summed E-state index contributed by atoms with van der Waals surface area (Å²) in [6, 6.07) is 0. The molecule has 3 fully saturated rings. The number of rotatable bonds is 1. The lowest BCUT2D eigenvalue weighted by molar-refractivity contribution is -0.114. The zero-order valence-corrected chi connectivity index (χ0v) is 11.0. The second-order valence-corrected chi connectivity index (χ2v) is 7.09. The van der Waals surface area contributed by atoms with Gasteiger partial charge in [0.05, 0.1) is 23.9 Å². The Bertz CT molecular complexity index is 294. The van der Waals surface area contributed by atoms with Crippen LogP contribution in [0.1, 0.15) is 53.4 Å². The first-order valence-corrected chi connectivity index (χ1v) is 6.73. The van der Waals surface area contributed by atoms with Crippen LogP contribution in [0.5, 0.6) is 0 Å². The molecule has 0 aromatic heterocycles. The van der Waals surface area contributed by atoms with Crippen LogP contribution in [-0.2, 0) is 9.47 Å². The van der Waals surface area contributed by atoms with Crippen LogP contribution in [-0.4, -0.2) is 23.9 Å². The summed E-state index contributed by atoms with van der Waals surface area (Å²) in [6.45, 7) is 8.94. The van der Waals surface area contributed by atoms with Crippen LogP contribution in [0.25, 0.3) is 0 Å². The standard InChI is InChI=1S/C14H24O2/c1-13(2,3)16-11-6-5-9-12-10(15-12)7-8-14(9,11)4/h9-12H,5-8H2,1-4H3/t9-,10-,11-,12+,14-/m0/s1. The molecule has 0 aromatic rings. The average molecular weight is 224 g/mol. The zero-order valence-electron chi connectivity index (χ0n) is 11.0. The second-order valence-electron chi connectivity index (χ2n) is 7.09. The lowest BCUT2D eigenvalue weighted by Crippen LogP contribution is -2.42. The van der Waals surface area contributed by atoms with Gasteiger partial charge in [0, 0.05) is 0 Å². The van der Waals surface area contributed by atoms with Crippen molar-refractivity contribution in [3.05, 3.63) is 0 Å². The lowest BCUT2D eigenvalue weighted by atomic mass is 9.68. The van der Waals surface area contributed by atoms with Gasteiger partial charge < -0.3 is 9.47 Å². The minimum Gasteiger partial charge on any atom is -0.372 e. The minimum atomic E-state index is -0.0101. The number of epoxide rings is 1. The third-order valence-corrected chi connectivity index (χ3v) is 4.80. The van der Waals surface area contributed by atoms with Gasteiger partial charge in [0.2, 0.25) is 0 Å². The van der Waals surface area contributed by atoms with Crippen molar-refractivity contribution < 1.29 is 9.47 Å². The van der Waals surface area contributed by atoms with Gasteiger partial charge in [-0.2, -0.15) is 0 Å². The van der Waals surface area contributed by atoms with Crippen LogP contribution in [0.15, 0.2) is 0 Å². The van der Waals surface area contributed by atoms with Crippen molar-refractivity contribution in [1.82, 2.24) is 0 Å². The van der Waals surface area contributed by atoms with Gasteiger partial charge in [0.1, 0.15) is 0 Å². The van der Waals surface area contributed by atoms with E-state index in [0.717, 1.165) is 5.92 Å². The van der Waals surface area contributed by atoms with Crippen molar-refractivity contribution in [1.29, 1.82) is 0 Å². The van der Waals surface area contributed by atoms with Gasteiger partial charge in [-0.15, -0.1) is 0 Å². The fourth-order valence-electron chi connectivity index (χ4n) is 3.93. The number of fused-ring (bicyclic) bond motifs is 3. The maximum Gasteiger partial charge on any atom is 0.0876 e. The highest BCUT2D eigenvalue weighted by atomic mass is 16.6. The predicted octanol–water partition coefficient (Wildman–Crippen LogP) is 3.15. The van der Waals surface area contributed by atoms with E-state index in [-0.39, 0.29) is 5.60 Å². The summed E-state index contributed by atoms with van der Waals surface area (Å²) in [5.41, 5.74) is 0.370. The molecule has 3 rings (SSSR count). The maximum atomic E-state index is 6.28. The molecule has 1 saturated heterocycles. The SMILES string of the molecule is CC(C)(C)O[C@H]1CC[C@H]2[C@H]3O[C@H]3CC[C@]12C. The zero-order chi connectivity index (χ0) is 11.6. The van der Waals surface area contributed by atoms with Crippen LogP contribution in [0.4, 0.5) is 0 Å². The molecule has 1 aliphatic heterocycles. The molecule has 0 radical (unpaired) electrons. The molecule has 0 amide bonds. The van der Waals surface area contributed by atoms with E-state index in [1.165, 1.54) is 25.7 Å². The summed E-state index contributed by atoms with van der Waals surface area (Å²) in [6.07, 6.45) is 6.70. The van der Waals surface area contributed by atoms with Gasteiger partial charge in [0.15, 0.2) is 0 Å². The summed E-state index contributed by atoms with van der Waals surface area (Å²) >= 11 is 0. The highest BCUT2D eigenvalue weighted by Crippen LogP contribution is 2.59. The van der Waals surface area contributed by atoms with Gasteiger partial charge >= 0.3 is 0 Å². The summed E-state index contributed by atoms with van der Waals surface area (Å²) in [7, 11) is 0. The van der Waals surface area contributed by atoms with E-state index in [0.29, 0.717) is 23.7 Å². The summed E-state index contributed by atoms with van der Waals surface area (Å²) < 4.78 is 12.1. The first-order valence-electron chi connectivity index (χ1n) is 6.73. The fourth-order valence-corrected chi connectivity index (χ4v) is 3.93. The maximum absolute atomic E-state index is 6.28. The van der Waals surface area contributed by atoms with Crippen molar-refractivity contribution in [2.24, 2.45) is 11.3 Å². The quantitative estimate of drug-likeness (QED) is 0.638. The molecular weight excluding hydrogens is 200 g/mol. The molecule has 0 bridgehead atoms. The van der Waals surface area contributed by atoms with Crippen LogP contribution >= 0.6 is 0 Å². The molecule has 0 aromatic carbocycles. The molecule has 2 aliphatic carbocycles. The van der Waals surface area contributed by atoms with Crippen molar-refractivity contribution in [2.45, 2.75) is 77.3 Å². The lowest BCUT2D eigenvalue weighted by Gasteiger charge is -2.41. The smallest absolute Gasteiger partial charge is 0.0876 e. The molecule has 5 atom stereocenters. The highest BCUT2D eigenvalue weighted by molar-refractivity contribution is 5.09. The largest absolute Gasteiger partial charge is 0.372 e. The Balaban J connectivity index is 1.77. The van der Waals surface area contributed by atoms with Gasteiger partial charge in [-0.25, -0.2) is 0 Å². The molecule has 2 saturated carbocycles.